The molecule has 0 aliphatic heterocycles. The van der Waals surface area contributed by atoms with Gasteiger partial charge >= 0.3 is 5.97 Å². The molecular weight excluding hydrogens is 435 g/mol. The number of halogens is 1. The highest BCUT2D eigenvalue weighted by Gasteiger charge is 2.26. The summed E-state index contributed by atoms with van der Waals surface area (Å²) in [5.74, 6) is -1.70. The fourth-order valence-corrected chi connectivity index (χ4v) is 3.93. The van der Waals surface area contributed by atoms with Crippen molar-refractivity contribution in [3.8, 4) is 5.75 Å². The van der Waals surface area contributed by atoms with Crippen molar-refractivity contribution in [1.29, 1.82) is 0 Å². The quantitative estimate of drug-likeness (QED) is 0.482. The summed E-state index contributed by atoms with van der Waals surface area (Å²) >= 11 is 0.970. The summed E-state index contributed by atoms with van der Waals surface area (Å²) in [4.78, 5) is 38.0. The summed E-state index contributed by atoms with van der Waals surface area (Å²) < 4.78 is 23.4. The minimum absolute atomic E-state index is 0.116. The molecule has 0 saturated heterocycles. The molecule has 0 radical (unpaired) electrons. The topological polar surface area (TPSA) is 93.7 Å². The zero-order valence-corrected chi connectivity index (χ0v) is 18.3. The lowest BCUT2D eigenvalue weighted by molar-refractivity contribution is -0.118. The maximum Gasteiger partial charge on any atom is 0.341 e. The second kappa shape index (κ2) is 10.5. The molecule has 0 fully saturated rings. The van der Waals surface area contributed by atoms with Gasteiger partial charge in [0.1, 0.15) is 16.6 Å². The Morgan fingerprint density at radius 1 is 1.00 bits per heavy atom. The highest BCUT2D eigenvalue weighted by atomic mass is 32.1. The van der Waals surface area contributed by atoms with E-state index >= 15 is 0 Å². The lowest BCUT2D eigenvalue weighted by atomic mass is 10.1. The van der Waals surface area contributed by atoms with Gasteiger partial charge in [-0.05, 0) is 55.8 Å². The van der Waals surface area contributed by atoms with E-state index in [2.05, 4.69) is 10.6 Å². The van der Waals surface area contributed by atoms with Gasteiger partial charge in [-0.1, -0.05) is 18.2 Å². The molecule has 0 spiro atoms. The van der Waals surface area contributed by atoms with E-state index in [4.69, 9.17) is 9.47 Å². The molecule has 1 heterocycles. The van der Waals surface area contributed by atoms with Crippen LogP contribution in [0.25, 0.3) is 0 Å². The second-order valence-corrected chi connectivity index (χ2v) is 7.61. The van der Waals surface area contributed by atoms with Crippen LogP contribution in [0.1, 0.15) is 32.5 Å². The Balaban J connectivity index is 1.79. The molecule has 9 heteroatoms. The van der Waals surface area contributed by atoms with Crippen molar-refractivity contribution >= 4 is 39.8 Å². The molecular formula is C23H21FN2O5S. The first-order valence-corrected chi connectivity index (χ1v) is 10.6. The van der Waals surface area contributed by atoms with E-state index in [1.54, 1.807) is 38.1 Å². The predicted molar refractivity (Wildman–Crippen MR) is 120 cm³/mol. The number of hydrogen-bond donors (Lipinski definition) is 2. The molecule has 0 saturated carbocycles. The van der Waals surface area contributed by atoms with Gasteiger partial charge in [0, 0.05) is 5.69 Å². The van der Waals surface area contributed by atoms with E-state index < -0.39 is 23.6 Å². The molecule has 1 aromatic heterocycles. The number of carbonyl (C=O) groups is 3. The molecule has 2 amide bonds. The zero-order chi connectivity index (χ0) is 23.1. The number of para-hydroxylation sites is 1. The zero-order valence-electron chi connectivity index (χ0n) is 17.4. The molecule has 3 aromatic rings. The third-order valence-corrected chi connectivity index (χ3v) is 5.51. The third kappa shape index (κ3) is 5.70. The molecule has 0 bridgehead atoms. The van der Waals surface area contributed by atoms with Crippen LogP contribution in [0.2, 0.25) is 0 Å². The van der Waals surface area contributed by atoms with E-state index in [1.165, 1.54) is 24.3 Å². The van der Waals surface area contributed by atoms with Crippen molar-refractivity contribution < 1.29 is 28.2 Å². The SMILES string of the molecule is CCOC(=O)c1c(NC(=O)COc2ccc(F)cc2)sc(C(=O)Nc2ccccc2)c1C. The average Bonchev–Trinajstić information content (AvgIpc) is 3.10. The highest BCUT2D eigenvalue weighted by Crippen LogP contribution is 2.34. The number of nitrogens with one attached hydrogen (secondary N) is 2. The average molecular weight is 456 g/mol. The number of ether oxygens (including phenoxy) is 2. The number of esters is 1. The minimum atomic E-state index is -0.644. The van der Waals surface area contributed by atoms with Crippen molar-refractivity contribution in [3.05, 3.63) is 76.4 Å². The van der Waals surface area contributed by atoms with Crippen LogP contribution >= 0.6 is 11.3 Å². The Hall–Kier alpha value is -3.72. The first-order valence-electron chi connectivity index (χ1n) is 9.74. The lowest BCUT2D eigenvalue weighted by Crippen LogP contribution is -2.21. The van der Waals surface area contributed by atoms with E-state index in [0.29, 0.717) is 17.0 Å². The smallest absolute Gasteiger partial charge is 0.341 e. The first-order chi connectivity index (χ1) is 15.4. The fourth-order valence-electron chi connectivity index (χ4n) is 2.82. The van der Waals surface area contributed by atoms with Gasteiger partial charge in [0.05, 0.1) is 17.0 Å². The Morgan fingerprint density at radius 3 is 2.34 bits per heavy atom. The Labute approximate surface area is 188 Å². The lowest BCUT2D eigenvalue weighted by Gasteiger charge is -2.08. The third-order valence-electron chi connectivity index (χ3n) is 4.30. The molecule has 32 heavy (non-hydrogen) atoms. The van der Waals surface area contributed by atoms with Gasteiger partial charge in [-0.2, -0.15) is 0 Å². The predicted octanol–water partition coefficient (Wildman–Crippen LogP) is 4.64. The summed E-state index contributed by atoms with van der Waals surface area (Å²) in [6.07, 6.45) is 0. The van der Waals surface area contributed by atoms with Crippen molar-refractivity contribution in [3.63, 3.8) is 0 Å². The Kier molecular flexibility index (Phi) is 7.56. The van der Waals surface area contributed by atoms with Crippen LogP contribution in [-0.4, -0.2) is 31.0 Å². The van der Waals surface area contributed by atoms with Gasteiger partial charge in [0.15, 0.2) is 6.61 Å². The number of benzene rings is 2. The fraction of sp³-hybridized carbons (Fsp3) is 0.174. The van der Waals surface area contributed by atoms with Gasteiger partial charge < -0.3 is 20.1 Å². The molecule has 0 aliphatic carbocycles. The van der Waals surface area contributed by atoms with Crippen molar-refractivity contribution in [1.82, 2.24) is 0 Å². The van der Waals surface area contributed by atoms with Gasteiger partial charge in [-0.15, -0.1) is 11.3 Å². The van der Waals surface area contributed by atoms with Crippen LogP contribution in [0.3, 0.4) is 0 Å². The molecule has 2 N–H and O–H groups in total. The molecule has 166 valence electrons. The molecule has 0 unspecified atom stereocenters. The van der Waals surface area contributed by atoms with E-state index in [9.17, 15) is 18.8 Å². The molecule has 3 rings (SSSR count). The summed E-state index contributed by atoms with van der Waals surface area (Å²) in [7, 11) is 0. The van der Waals surface area contributed by atoms with E-state index in [1.807, 2.05) is 6.07 Å². The Morgan fingerprint density at radius 2 is 1.69 bits per heavy atom. The van der Waals surface area contributed by atoms with Crippen molar-refractivity contribution in [2.45, 2.75) is 13.8 Å². The number of thiophene rings is 1. The number of carbonyl (C=O) groups excluding carboxylic acids is 3. The van der Waals surface area contributed by atoms with Gasteiger partial charge in [0.2, 0.25) is 0 Å². The highest BCUT2D eigenvalue weighted by molar-refractivity contribution is 7.18. The normalized spacial score (nSPS) is 10.3. The van der Waals surface area contributed by atoms with Crippen LogP contribution in [0.5, 0.6) is 5.75 Å². The molecule has 7 nitrogen and oxygen atoms in total. The van der Waals surface area contributed by atoms with Crippen LogP contribution in [0, 0.1) is 12.7 Å². The number of rotatable bonds is 8. The Bertz CT molecular complexity index is 1110. The molecule has 2 aromatic carbocycles. The maximum absolute atomic E-state index is 13.0. The van der Waals surface area contributed by atoms with Gasteiger partial charge in [-0.25, -0.2) is 9.18 Å². The van der Waals surface area contributed by atoms with Crippen molar-refractivity contribution in [2.75, 3.05) is 23.8 Å². The maximum atomic E-state index is 13.0. The summed E-state index contributed by atoms with van der Waals surface area (Å²) in [5, 5.41) is 5.56. The van der Waals surface area contributed by atoms with Crippen LogP contribution in [0.4, 0.5) is 15.1 Å². The largest absolute Gasteiger partial charge is 0.484 e. The van der Waals surface area contributed by atoms with Crippen molar-refractivity contribution in [2.24, 2.45) is 0 Å². The molecule has 0 atom stereocenters. The van der Waals surface area contributed by atoms with Gasteiger partial charge in [-0.3, -0.25) is 9.59 Å². The van der Waals surface area contributed by atoms with Crippen LogP contribution in [0.15, 0.2) is 54.6 Å². The number of amides is 2. The summed E-state index contributed by atoms with van der Waals surface area (Å²) in [6.45, 7) is 3.06. The second-order valence-electron chi connectivity index (χ2n) is 6.59. The minimum Gasteiger partial charge on any atom is -0.484 e. The number of anilines is 2. The summed E-state index contributed by atoms with van der Waals surface area (Å²) in [6, 6.07) is 14.1. The first kappa shape index (κ1) is 23.0. The van der Waals surface area contributed by atoms with Crippen LogP contribution < -0.4 is 15.4 Å². The molecule has 0 aliphatic rings. The number of hydrogen-bond acceptors (Lipinski definition) is 6. The van der Waals surface area contributed by atoms with Crippen LogP contribution in [-0.2, 0) is 9.53 Å². The van der Waals surface area contributed by atoms with Gasteiger partial charge in [0.25, 0.3) is 11.8 Å². The summed E-state index contributed by atoms with van der Waals surface area (Å²) in [5.41, 5.74) is 1.11. The standard InChI is InChI=1S/C23H21FN2O5S/c1-3-30-23(29)19-14(2)20(21(28)25-16-7-5-4-6-8-16)32-22(19)26-18(27)13-31-17-11-9-15(24)10-12-17/h4-12H,3,13H2,1-2H3,(H,25,28)(H,26,27). The van der Waals surface area contributed by atoms with E-state index in [-0.39, 0.29) is 28.7 Å². The monoisotopic (exact) mass is 456 g/mol. The van der Waals surface area contributed by atoms with E-state index in [0.717, 1.165) is 11.3 Å².